The summed E-state index contributed by atoms with van der Waals surface area (Å²) in [5.74, 6) is -0.453. The van der Waals surface area contributed by atoms with Crippen molar-refractivity contribution in [3.63, 3.8) is 0 Å². The predicted octanol–water partition coefficient (Wildman–Crippen LogP) is 1.14. The van der Waals surface area contributed by atoms with Crippen molar-refractivity contribution in [2.75, 3.05) is 13.2 Å². The molecule has 0 fully saturated rings. The van der Waals surface area contributed by atoms with Crippen molar-refractivity contribution in [1.29, 1.82) is 0 Å². The van der Waals surface area contributed by atoms with Crippen LogP contribution in [0.25, 0.3) is 0 Å². The van der Waals surface area contributed by atoms with Crippen molar-refractivity contribution in [3.05, 3.63) is 29.6 Å². The highest BCUT2D eigenvalue weighted by Crippen LogP contribution is 2.24. The molecule has 0 saturated carbocycles. The van der Waals surface area contributed by atoms with Crippen molar-refractivity contribution in [2.24, 2.45) is 0 Å². The lowest BCUT2D eigenvalue weighted by Crippen LogP contribution is -2.27. The van der Waals surface area contributed by atoms with Gasteiger partial charge in [-0.3, -0.25) is 4.79 Å². The summed E-state index contributed by atoms with van der Waals surface area (Å²) < 4.78 is 18.6. The second-order valence-electron chi connectivity index (χ2n) is 4.44. The molecule has 112 valence electrons. The number of carbonyl (C=O) groups is 1. The number of amides is 1. The molecule has 6 heteroatoms. The summed E-state index contributed by atoms with van der Waals surface area (Å²) in [7, 11) is 0. The minimum Gasteiger partial charge on any atom is -0.494 e. The van der Waals surface area contributed by atoms with Crippen molar-refractivity contribution in [2.45, 2.75) is 32.5 Å². The largest absolute Gasteiger partial charge is 0.494 e. The predicted molar refractivity (Wildman–Crippen MR) is 71.8 cm³/mol. The van der Waals surface area contributed by atoms with Crippen LogP contribution in [0.1, 0.15) is 31.9 Å². The Morgan fingerprint density at radius 3 is 2.70 bits per heavy atom. The van der Waals surface area contributed by atoms with Gasteiger partial charge in [-0.1, -0.05) is 0 Å². The molecule has 0 heterocycles. The van der Waals surface area contributed by atoms with Crippen LogP contribution in [0, 0.1) is 5.82 Å². The molecule has 20 heavy (non-hydrogen) atoms. The Hall–Kier alpha value is -1.66. The van der Waals surface area contributed by atoms with Crippen LogP contribution in [-0.2, 0) is 4.79 Å². The van der Waals surface area contributed by atoms with E-state index in [-0.39, 0.29) is 24.4 Å². The third-order valence-corrected chi connectivity index (χ3v) is 2.72. The van der Waals surface area contributed by atoms with Gasteiger partial charge in [-0.25, -0.2) is 4.39 Å². The standard InChI is InChI=1S/C14H20FNO4/c1-3-20-12-7-10(6-11(15)8-12)14(19)13(18)4-5-16-9(2)17/h6-8,13-14,18-19H,3-5H2,1-2H3,(H,16,17). The summed E-state index contributed by atoms with van der Waals surface area (Å²) in [6.45, 7) is 3.75. The lowest BCUT2D eigenvalue weighted by Gasteiger charge is -2.19. The number of benzene rings is 1. The Bertz CT molecular complexity index is 453. The number of rotatable bonds is 7. The highest BCUT2D eigenvalue weighted by Gasteiger charge is 2.19. The molecule has 0 radical (unpaired) electrons. The SMILES string of the molecule is CCOc1cc(F)cc(C(O)C(O)CCNC(C)=O)c1. The van der Waals surface area contributed by atoms with E-state index in [1.807, 2.05) is 0 Å². The summed E-state index contributed by atoms with van der Waals surface area (Å²) in [5, 5.41) is 22.3. The first-order valence-electron chi connectivity index (χ1n) is 6.48. The molecule has 1 amide bonds. The van der Waals surface area contributed by atoms with Crippen LogP contribution in [0.4, 0.5) is 4.39 Å². The molecule has 1 rings (SSSR count). The fraction of sp³-hybridized carbons (Fsp3) is 0.500. The number of carbonyl (C=O) groups excluding carboxylic acids is 1. The summed E-state index contributed by atoms with van der Waals surface area (Å²) in [4.78, 5) is 10.7. The van der Waals surface area contributed by atoms with Crippen LogP contribution in [0.3, 0.4) is 0 Å². The average Bonchev–Trinajstić information content (AvgIpc) is 2.37. The molecule has 0 bridgehead atoms. The number of hydrogen-bond donors (Lipinski definition) is 3. The second-order valence-corrected chi connectivity index (χ2v) is 4.44. The van der Waals surface area contributed by atoms with Crippen LogP contribution in [0.15, 0.2) is 18.2 Å². The van der Waals surface area contributed by atoms with Crippen molar-refractivity contribution in [1.82, 2.24) is 5.32 Å². The van der Waals surface area contributed by atoms with Crippen LogP contribution in [0.5, 0.6) is 5.75 Å². The lowest BCUT2D eigenvalue weighted by molar-refractivity contribution is -0.119. The Morgan fingerprint density at radius 1 is 1.40 bits per heavy atom. The zero-order valence-electron chi connectivity index (χ0n) is 11.6. The van der Waals surface area contributed by atoms with E-state index in [4.69, 9.17) is 4.74 Å². The first-order valence-corrected chi connectivity index (χ1v) is 6.48. The van der Waals surface area contributed by atoms with Crippen LogP contribution in [0.2, 0.25) is 0 Å². The Balaban J connectivity index is 2.69. The maximum atomic E-state index is 13.4. The van der Waals surface area contributed by atoms with E-state index in [0.717, 1.165) is 6.07 Å². The number of nitrogens with one attached hydrogen (secondary N) is 1. The molecule has 2 atom stereocenters. The summed E-state index contributed by atoms with van der Waals surface area (Å²) in [6, 6.07) is 3.84. The fourth-order valence-corrected chi connectivity index (χ4v) is 1.78. The van der Waals surface area contributed by atoms with E-state index in [1.54, 1.807) is 6.92 Å². The molecule has 2 unspecified atom stereocenters. The van der Waals surface area contributed by atoms with Gasteiger partial charge in [-0.2, -0.15) is 0 Å². The summed E-state index contributed by atoms with van der Waals surface area (Å²) >= 11 is 0. The third-order valence-electron chi connectivity index (χ3n) is 2.72. The quantitative estimate of drug-likeness (QED) is 0.702. The van der Waals surface area contributed by atoms with Gasteiger partial charge in [0.2, 0.25) is 5.91 Å². The first kappa shape index (κ1) is 16.4. The van der Waals surface area contributed by atoms with Gasteiger partial charge in [-0.15, -0.1) is 0 Å². The van der Waals surface area contributed by atoms with Gasteiger partial charge in [0.1, 0.15) is 17.7 Å². The Morgan fingerprint density at radius 2 is 2.10 bits per heavy atom. The van der Waals surface area contributed by atoms with Crippen LogP contribution < -0.4 is 10.1 Å². The maximum absolute atomic E-state index is 13.4. The van der Waals surface area contributed by atoms with Crippen molar-refractivity contribution >= 4 is 5.91 Å². The molecule has 0 aliphatic carbocycles. The molecule has 0 aromatic heterocycles. The molecule has 1 aromatic carbocycles. The van der Waals surface area contributed by atoms with E-state index in [9.17, 15) is 19.4 Å². The number of halogens is 1. The normalized spacial score (nSPS) is 13.7. The third kappa shape index (κ3) is 5.14. The van der Waals surface area contributed by atoms with E-state index >= 15 is 0 Å². The topological polar surface area (TPSA) is 78.8 Å². The summed E-state index contributed by atoms with van der Waals surface area (Å²) in [6.07, 6.45) is -2.17. The Kier molecular flexibility index (Phi) is 6.41. The minimum absolute atomic E-state index is 0.168. The van der Waals surface area contributed by atoms with Gasteiger partial charge in [0.25, 0.3) is 0 Å². The monoisotopic (exact) mass is 285 g/mol. The molecular weight excluding hydrogens is 265 g/mol. The first-order chi connectivity index (χ1) is 9.43. The highest BCUT2D eigenvalue weighted by atomic mass is 19.1. The smallest absolute Gasteiger partial charge is 0.216 e. The van der Waals surface area contributed by atoms with Gasteiger partial charge in [0.15, 0.2) is 0 Å². The highest BCUT2D eigenvalue weighted by molar-refractivity contribution is 5.72. The van der Waals surface area contributed by atoms with E-state index in [1.165, 1.54) is 19.1 Å². The van der Waals surface area contributed by atoms with E-state index < -0.39 is 18.0 Å². The second kappa shape index (κ2) is 7.81. The van der Waals surface area contributed by atoms with Gasteiger partial charge in [0.05, 0.1) is 12.7 Å². The average molecular weight is 285 g/mol. The lowest BCUT2D eigenvalue weighted by atomic mass is 10.0. The summed E-state index contributed by atoms with van der Waals surface area (Å²) in [5.41, 5.74) is 0.240. The van der Waals surface area contributed by atoms with Crippen molar-refractivity contribution < 1.29 is 24.1 Å². The molecule has 5 nitrogen and oxygen atoms in total. The fourth-order valence-electron chi connectivity index (χ4n) is 1.78. The number of ether oxygens (including phenoxy) is 1. The van der Waals surface area contributed by atoms with Gasteiger partial charge < -0.3 is 20.3 Å². The zero-order valence-corrected chi connectivity index (χ0v) is 11.6. The van der Waals surface area contributed by atoms with Crippen molar-refractivity contribution in [3.8, 4) is 5.75 Å². The molecule has 0 spiro atoms. The van der Waals surface area contributed by atoms with Gasteiger partial charge >= 0.3 is 0 Å². The van der Waals surface area contributed by atoms with E-state index in [0.29, 0.717) is 12.4 Å². The molecule has 0 saturated heterocycles. The number of aliphatic hydroxyl groups is 2. The number of aliphatic hydroxyl groups excluding tert-OH is 2. The van der Waals surface area contributed by atoms with Gasteiger partial charge in [-0.05, 0) is 31.0 Å². The van der Waals surface area contributed by atoms with E-state index in [2.05, 4.69) is 5.32 Å². The minimum atomic E-state index is -1.24. The zero-order chi connectivity index (χ0) is 15.1. The number of hydrogen-bond acceptors (Lipinski definition) is 4. The molecule has 1 aromatic rings. The van der Waals surface area contributed by atoms with Gasteiger partial charge in [0, 0.05) is 19.5 Å². The van der Waals surface area contributed by atoms with Crippen LogP contribution in [-0.4, -0.2) is 35.4 Å². The molecule has 0 aliphatic rings. The molecular formula is C14H20FNO4. The maximum Gasteiger partial charge on any atom is 0.216 e. The Labute approximate surface area is 117 Å². The molecule has 3 N–H and O–H groups in total. The molecule has 0 aliphatic heterocycles. The van der Waals surface area contributed by atoms with Crippen LogP contribution >= 0.6 is 0 Å².